The molecule has 37 heavy (non-hydrogen) atoms. The Bertz CT molecular complexity index is 1020. The highest BCUT2D eigenvalue weighted by Gasteiger charge is 2.30. The molecular formula is C27H37N5O5. The second-order valence-corrected chi connectivity index (χ2v) is 8.97. The minimum atomic E-state index is -1.18. The number of carbonyl (C=O) groups is 4. The van der Waals surface area contributed by atoms with E-state index in [0.29, 0.717) is 19.4 Å². The molecule has 2 aromatic rings. The van der Waals surface area contributed by atoms with Crippen LogP contribution in [0.15, 0.2) is 60.7 Å². The summed E-state index contributed by atoms with van der Waals surface area (Å²) in [5.41, 5.74) is 12.8. The van der Waals surface area contributed by atoms with Gasteiger partial charge in [-0.25, -0.2) is 4.79 Å². The standard InChI is InChI=1S/C27H37N5O5/c1-18(29)24(33)31-22(16-19-10-4-2-5-11-19)26(35)30-21(14-8-9-15-28)25(34)32-23(27(36)37)17-20-12-6-3-7-13-20/h2-7,10-13,18,21-23H,8-9,14-17,28-29H2,1H3,(H,30,35)(H,31,33)(H,32,34)(H,36,37). The van der Waals surface area contributed by atoms with E-state index in [-0.39, 0.29) is 19.3 Å². The van der Waals surface area contributed by atoms with E-state index in [1.54, 1.807) is 24.3 Å². The van der Waals surface area contributed by atoms with Crippen molar-refractivity contribution in [3.63, 3.8) is 0 Å². The van der Waals surface area contributed by atoms with Gasteiger partial charge in [-0.05, 0) is 43.9 Å². The van der Waals surface area contributed by atoms with Gasteiger partial charge >= 0.3 is 5.97 Å². The van der Waals surface area contributed by atoms with E-state index in [1.807, 2.05) is 36.4 Å². The van der Waals surface area contributed by atoms with Crippen LogP contribution < -0.4 is 27.4 Å². The molecule has 2 rings (SSSR count). The van der Waals surface area contributed by atoms with Crippen molar-refractivity contribution in [3.8, 4) is 0 Å². The molecule has 0 saturated carbocycles. The average Bonchev–Trinajstić information content (AvgIpc) is 2.88. The first-order valence-corrected chi connectivity index (χ1v) is 12.4. The van der Waals surface area contributed by atoms with Crippen LogP contribution in [0.5, 0.6) is 0 Å². The SMILES string of the molecule is CC(N)C(=O)NC(Cc1ccccc1)C(=O)NC(CCCCN)C(=O)NC(Cc1ccccc1)C(=O)O. The minimum absolute atomic E-state index is 0.0897. The molecule has 0 aliphatic rings. The minimum Gasteiger partial charge on any atom is -0.480 e. The van der Waals surface area contributed by atoms with Crippen LogP contribution in [0.1, 0.15) is 37.3 Å². The molecule has 2 aromatic carbocycles. The molecule has 0 spiro atoms. The van der Waals surface area contributed by atoms with Crippen molar-refractivity contribution < 1.29 is 24.3 Å². The number of benzene rings is 2. The fraction of sp³-hybridized carbons (Fsp3) is 0.407. The first-order valence-electron chi connectivity index (χ1n) is 12.4. The van der Waals surface area contributed by atoms with Crippen molar-refractivity contribution in [2.45, 2.75) is 63.2 Å². The molecule has 3 amide bonds. The van der Waals surface area contributed by atoms with Crippen molar-refractivity contribution in [1.82, 2.24) is 16.0 Å². The summed E-state index contributed by atoms with van der Waals surface area (Å²) in [6, 6.07) is 14.1. The fourth-order valence-electron chi connectivity index (χ4n) is 3.72. The lowest BCUT2D eigenvalue weighted by Gasteiger charge is -2.25. The van der Waals surface area contributed by atoms with Gasteiger partial charge in [0.2, 0.25) is 17.7 Å². The molecule has 4 atom stereocenters. The zero-order valence-electron chi connectivity index (χ0n) is 21.1. The van der Waals surface area contributed by atoms with Gasteiger partial charge in [0.25, 0.3) is 0 Å². The van der Waals surface area contributed by atoms with Crippen molar-refractivity contribution in [3.05, 3.63) is 71.8 Å². The smallest absolute Gasteiger partial charge is 0.326 e. The maximum absolute atomic E-state index is 13.3. The summed E-state index contributed by atoms with van der Waals surface area (Å²) in [5, 5.41) is 17.6. The van der Waals surface area contributed by atoms with Crippen LogP contribution in [0.2, 0.25) is 0 Å². The van der Waals surface area contributed by atoms with E-state index in [2.05, 4.69) is 16.0 Å². The van der Waals surface area contributed by atoms with Crippen LogP contribution in [-0.4, -0.2) is 59.5 Å². The first-order chi connectivity index (χ1) is 17.7. The van der Waals surface area contributed by atoms with E-state index in [0.717, 1.165) is 11.1 Å². The largest absolute Gasteiger partial charge is 0.480 e. The molecule has 0 fully saturated rings. The Morgan fingerprint density at radius 1 is 0.730 bits per heavy atom. The quantitative estimate of drug-likeness (QED) is 0.188. The Morgan fingerprint density at radius 3 is 1.68 bits per heavy atom. The van der Waals surface area contributed by atoms with Gasteiger partial charge in [-0.1, -0.05) is 60.7 Å². The van der Waals surface area contributed by atoms with Gasteiger partial charge in [0.05, 0.1) is 6.04 Å². The van der Waals surface area contributed by atoms with Gasteiger partial charge in [-0.3, -0.25) is 14.4 Å². The number of aliphatic carboxylic acids is 1. The number of unbranched alkanes of at least 4 members (excludes halogenated alkanes) is 1. The van der Waals surface area contributed by atoms with E-state index in [4.69, 9.17) is 11.5 Å². The summed E-state index contributed by atoms with van der Waals surface area (Å²) >= 11 is 0. The fourth-order valence-corrected chi connectivity index (χ4v) is 3.72. The predicted molar refractivity (Wildman–Crippen MR) is 140 cm³/mol. The monoisotopic (exact) mass is 511 g/mol. The molecule has 0 aromatic heterocycles. The molecule has 0 saturated heterocycles. The van der Waals surface area contributed by atoms with Crippen LogP contribution >= 0.6 is 0 Å². The molecule has 0 heterocycles. The van der Waals surface area contributed by atoms with Crippen molar-refractivity contribution in [1.29, 1.82) is 0 Å². The van der Waals surface area contributed by atoms with Crippen LogP contribution in [0.3, 0.4) is 0 Å². The van der Waals surface area contributed by atoms with Gasteiger partial charge in [0, 0.05) is 12.8 Å². The topological polar surface area (TPSA) is 177 Å². The molecular weight excluding hydrogens is 474 g/mol. The summed E-state index contributed by atoms with van der Waals surface area (Å²) in [7, 11) is 0. The number of amides is 3. The zero-order chi connectivity index (χ0) is 27.2. The lowest BCUT2D eigenvalue weighted by molar-refractivity contribution is -0.142. The Balaban J connectivity index is 2.18. The molecule has 200 valence electrons. The second-order valence-electron chi connectivity index (χ2n) is 8.97. The third kappa shape index (κ3) is 10.4. The Hall–Kier alpha value is -3.76. The van der Waals surface area contributed by atoms with E-state index >= 15 is 0 Å². The number of carboxylic acids is 1. The highest BCUT2D eigenvalue weighted by Crippen LogP contribution is 2.08. The maximum atomic E-state index is 13.3. The number of rotatable bonds is 15. The third-order valence-corrected chi connectivity index (χ3v) is 5.81. The Kier molecular flexibility index (Phi) is 12.2. The number of nitrogens with one attached hydrogen (secondary N) is 3. The highest BCUT2D eigenvalue weighted by atomic mass is 16.4. The number of nitrogens with two attached hydrogens (primary N) is 2. The highest BCUT2D eigenvalue weighted by molar-refractivity contribution is 5.94. The summed E-state index contributed by atoms with van der Waals surface area (Å²) in [4.78, 5) is 50.6. The number of hydrogen-bond acceptors (Lipinski definition) is 6. The average molecular weight is 512 g/mol. The third-order valence-electron chi connectivity index (χ3n) is 5.81. The molecule has 10 heteroatoms. The van der Waals surface area contributed by atoms with Crippen LogP contribution in [0.25, 0.3) is 0 Å². The van der Waals surface area contributed by atoms with Crippen LogP contribution in [0.4, 0.5) is 0 Å². The summed E-state index contributed by atoms with van der Waals surface area (Å²) in [6.45, 7) is 1.92. The summed E-state index contributed by atoms with van der Waals surface area (Å²) < 4.78 is 0. The molecule has 8 N–H and O–H groups in total. The maximum Gasteiger partial charge on any atom is 0.326 e. The molecule has 10 nitrogen and oxygen atoms in total. The molecule has 0 bridgehead atoms. The molecule has 0 aliphatic heterocycles. The van der Waals surface area contributed by atoms with Gasteiger partial charge in [0.1, 0.15) is 18.1 Å². The number of carbonyl (C=O) groups excluding carboxylic acids is 3. The molecule has 0 aliphatic carbocycles. The molecule has 4 unspecified atom stereocenters. The number of carboxylic acid groups (broad SMARTS) is 1. The van der Waals surface area contributed by atoms with E-state index in [1.165, 1.54) is 6.92 Å². The number of hydrogen-bond donors (Lipinski definition) is 6. The van der Waals surface area contributed by atoms with Crippen LogP contribution in [0, 0.1) is 0 Å². The molecule has 0 radical (unpaired) electrons. The summed E-state index contributed by atoms with van der Waals surface area (Å²) in [6.07, 6.45) is 1.70. The first kappa shape index (κ1) is 29.5. The van der Waals surface area contributed by atoms with Crippen molar-refractivity contribution >= 4 is 23.7 Å². The van der Waals surface area contributed by atoms with Crippen molar-refractivity contribution in [2.75, 3.05) is 6.54 Å². The lowest BCUT2D eigenvalue weighted by Crippen LogP contribution is -2.57. The van der Waals surface area contributed by atoms with E-state index < -0.39 is 47.9 Å². The lowest BCUT2D eigenvalue weighted by atomic mass is 10.0. The zero-order valence-corrected chi connectivity index (χ0v) is 21.1. The predicted octanol–water partition coefficient (Wildman–Crippen LogP) is 0.487. The van der Waals surface area contributed by atoms with Gasteiger partial charge < -0.3 is 32.5 Å². The van der Waals surface area contributed by atoms with Crippen LogP contribution in [-0.2, 0) is 32.0 Å². The normalized spacial score (nSPS) is 14.0. The summed E-state index contributed by atoms with van der Waals surface area (Å²) in [5.74, 6) is -2.88. The van der Waals surface area contributed by atoms with Gasteiger partial charge in [-0.2, -0.15) is 0 Å². The van der Waals surface area contributed by atoms with Gasteiger partial charge in [0.15, 0.2) is 0 Å². The van der Waals surface area contributed by atoms with E-state index in [9.17, 15) is 24.3 Å². The van der Waals surface area contributed by atoms with Gasteiger partial charge in [-0.15, -0.1) is 0 Å². The van der Waals surface area contributed by atoms with Crippen molar-refractivity contribution in [2.24, 2.45) is 11.5 Å². The second kappa shape index (κ2) is 15.4. The Morgan fingerprint density at radius 2 is 1.19 bits per heavy atom. The Labute approximate surface area is 217 Å².